The SMILES string of the molecule is Cc1c(C(=O)N2CCCC2)sc2ncnc(NCCC3=CCCCC3)c12. The summed E-state index contributed by atoms with van der Waals surface area (Å²) in [5, 5.41) is 4.50. The van der Waals surface area contributed by atoms with Gasteiger partial charge in [0.25, 0.3) is 5.91 Å². The molecule has 1 amide bonds. The van der Waals surface area contributed by atoms with Gasteiger partial charge in [-0.25, -0.2) is 9.97 Å². The van der Waals surface area contributed by atoms with Crippen LogP contribution in [0, 0.1) is 6.92 Å². The summed E-state index contributed by atoms with van der Waals surface area (Å²) >= 11 is 1.50. The van der Waals surface area contributed by atoms with Crippen molar-refractivity contribution in [1.82, 2.24) is 14.9 Å². The Bertz CT molecular complexity index is 836. The molecular weight excluding hydrogens is 344 g/mol. The molecule has 0 unspecified atom stereocenters. The quantitative estimate of drug-likeness (QED) is 0.785. The zero-order valence-electron chi connectivity index (χ0n) is 15.4. The molecule has 1 fully saturated rings. The van der Waals surface area contributed by atoms with Crippen molar-refractivity contribution >= 4 is 33.3 Å². The molecule has 1 N–H and O–H groups in total. The number of nitrogens with one attached hydrogen (secondary N) is 1. The number of allylic oxidation sites excluding steroid dienone is 1. The third kappa shape index (κ3) is 3.47. The van der Waals surface area contributed by atoms with Gasteiger partial charge < -0.3 is 10.2 Å². The molecule has 0 bridgehead atoms. The van der Waals surface area contributed by atoms with E-state index in [9.17, 15) is 4.79 Å². The van der Waals surface area contributed by atoms with E-state index in [1.54, 1.807) is 11.9 Å². The number of thiophene rings is 1. The summed E-state index contributed by atoms with van der Waals surface area (Å²) in [4.78, 5) is 25.4. The minimum Gasteiger partial charge on any atom is -0.369 e. The van der Waals surface area contributed by atoms with E-state index < -0.39 is 0 Å². The van der Waals surface area contributed by atoms with E-state index in [1.807, 2.05) is 11.8 Å². The fourth-order valence-corrected chi connectivity index (χ4v) is 5.06. The lowest BCUT2D eigenvalue weighted by Crippen LogP contribution is -2.27. The fourth-order valence-electron chi connectivity index (χ4n) is 3.95. The van der Waals surface area contributed by atoms with Gasteiger partial charge >= 0.3 is 0 Å². The number of hydrogen-bond donors (Lipinski definition) is 1. The average Bonchev–Trinajstić information content (AvgIpc) is 3.31. The number of aromatic nitrogens is 2. The highest BCUT2D eigenvalue weighted by atomic mass is 32.1. The molecule has 6 heteroatoms. The van der Waals surface area contributed by atoms with Crippen molar-refractivity contribution in [3.05, 3.63) is 28.4 Å². The molecule has 0 atom stereocenters. The van der Waals surface area contributed by atoms with Crippen LogP contribution in [0.3, 0.4) is 0 Å². The van der Waals surface area contributed by atoms with Crippen LogP contribution in [0.1, 0.15) is 60.2 Å². The maximum absolute atomic E-state index is 12.8. The highest BCUT2D eigenvalue weighted by Crippen LogP contribution is 2.34. The number of fused-ring (bicyclic) bond motifs is 1. The Kier molecular flexibility index (Phi) is 5.20. The van der Waals surface area contributed by atoms with Gasteiger partial charge in [-0.3, -0.25) is 4.79 Å². The van der Waals surface area contributed by atoms with E-state index in [0.717, 1.165) is 65.4 Å². The number of hydrogen-bond acceptors (Lipinski definition) is 5. The van der Waals surface area contributed by atoms with E-state index in [-0.39, 0.29) is 5.91 Å². The third-order valence-electron chi connectivity index (χ3n) is 5.44. The smallest absolute Gasteiger partial charge is 0.264 e. The molecule has 0 radical (unpaired) electrons. The molecule has 26 heavy (non-hydrogen) atoms. The number of amides is 1. The molecule has 2 aromatic heterocycles. The molecule has 1 aliphatic heterocycles. The molecular formula is C20H26N4OS. The van der Waals surface area contributed by atoms with Crippen molar-refractivity contribution < 1.29 is 4.79 Å². The van der Waals surface area contributed by atoms with Crippen LogP contribution in [0.4, 0.5) is 5.82 Å². The van der Waals surface area contributed by atoms with Crippen molar-refractivity contribution in [2.24, 2.45) is 0 Å². The molecule has 0 saturated carbocycles. The predicted octanol–water partition coefficient (Wildman–Crippen LogP) is 4.54. The maximum Gasteiger partial charge on any atom is 0.264 e. The Morgan fingerprint density at radius 2 is 2.08 bits per heavy atom. The fraction of sp³-hybridized carbons (Fsp3) is 0.550. The first-order chi connectivity index (χ1) is 12.7. The van der Waals surface area contributed by atoms with Gasteiger partial charge in [0.05, 0.1) is 10.3 Å². The van der Waals surface area contributed by atoms with Gasteiger partial charge in [0.15, 0.2) is 0 Å². The summed E-state index contributed by atoms with van der Waals surface area (Å²) in [5.74, 6) is 1.02. The molecule has 5 nitrogen and oxygen atoms in total. The van der Waals surface area contributed by atoms with E-state index in [2.05, 4.69) is 21.4 Å². The van der Waals surface area contributed by atoms with Crippen molar-refractivity contribution in [3.63, 3.8) is 0 Å². The molecule has 1 aliphatic carbocycles. The van der Waals surface area contributed by atoms with Crippen LogP contribution in [0.2, 0.25) is 0 Å². The Morgan fingerprint density at radius 1 is 1.23 bits per heavy atom. The van der Waals surface area contributed by atoms with Crippen molar-refractivity contribution in [2.75, 3.05) is 25.0 Å². The number of likely N-dealkylation sites (tertiary alicyclic amines) is 1. The van der Waals surface area contributed by atoms with E-state index in [0.29, 0.717) is 0 Å². The Labute approximate surface area is 158 Å². The first-order valence-electron chi connectivity index (χ1n) is 9.69. The lowest BCUT2D eigenvalue weighted by atomic mass is 9.97. The number of aryl methyl sites for hydroxylation is 1. The average molecular weight is 371 g/mol. The zero-order valence-corrected chi connectivity index (χ0v) is 16.2. The lowest BCUT2D eigenvalue weighted by molar-refractivity contribution is 0.0797. The van der Waals surface area contributed by atoms with Crippen molar-refractivity contribution in [2.45, 2.75) is 51.9 Å². The Hall–Kier alpha value is -1.95. The second-order valence-electron chi connectivity index (χ2n) is 7.24. The van der Waals surface area contributed by atoms with Crippen molar-refractivity contribution in [1.29, 1.82) is 0 Å². The van der Waals surface area contributed by atoms with Crippen LogP contribution in [0.15, 0.2) is 18.0 Å². The summed E-state index contributed by atoms with van der Waals surface area (Å²) in [6.45, 7) is 4.65. The predicted molar refractivity (Wildman–Crippen MR) is 107 cm³/mol. The van der Waals surface area contributed by atoms with Crippen LogP contribution in [-0.4, -0.2) is 40.4 Å². The maximum atomic E-state index is 12.8. The molecule has 1 saturated heterocycles. The molecule has 3 heterocycles. The first kappa shape index (κ1) is 17.5. The normalized spacial score (nSPS) is 17.6. The molecule has 2 aliphatic rings. The Balaban J connectivity index is 1.53. The van der Waals surface area contributed by atoms with Gasteiger partial charge in [-0.2, -0.15) is 0 Å². The second-order valence-corrected chi connectivity index (χ2v) is 8.24. The number of anilines is 1. The molecule has 0 spiro atoms. The Morgan fingerprint density at radius 3 is 2.85 bits per heavy atom. The largest absolute Gasteiger partial charge is 0.369 e. The topological polar surface area (TPSA) is 58.1 Å². The number of carbonyl (C=O) groups is 1. The van der Waals surface area contributed by atoms with Gasteiger partial charge in [0.2, 0.25) is 0 Å². The van der Waals surface area contributed by atoms with Gasteiger partial charge in [-0.1, -0.05) is 11.6 Å². The number of rotatable bonds is 5. The standard InChI is InChI=1S/C20H26N4OS/c1-14-16-18(21-10-9-15-7-3-2-4-8-15)22-13-23-19(16)26-17(14)20(25)24-11-5-6-12-24/h7,13H,2-6,8-12H2,1H3,(H,21,22,23). The van der Waals surface area contributed by atoms with Crippen LogP contribution in [0.25, 0.3) is 10.2 Å². The highest BCUT2D eigenvalue weighted by molar-refractivity contribution is 7.20. The molecule has 2 aromatic rings. The van der Waals surface area contributed by atoms with E-state index in [1.165, 1.54) is 37.0 Å². The van der Waals surface area contributed by atoms with Crippen LogP contribution in [0.5, 0.6) is 0 Å². The van der Waals surface area contributed by atoms with Gasteiger partial charge in [-0.15, -0.1) is 11.3 Å². The van der Waals surface area contributed by atoms with Gasteiger partial charge in [0.1, 0.15) is 17.0 Å². The summed E-state index contributed by atoms with van der Waals surface area (Å²) in [5.41, 5.74) is 2.57. The minimum absolute atomic E-state index is 0.154. The summed E-state index contributed by atoms with van der Waals surface area (Å²) in [7, 11) is 0. The molecule has 4 rings (SSSR count). The van der Waals surface area contributed by atoms with Crippen LogP contribution in [-0.2, 0) is 0 Å². The second kappa shape index (κ2) is 7.74. The third-order valence-corrected chi connectivity index (χ3v) is 6.63. The summed E-state index contributed by atoms with van der Waals surface area (Å²) < 4.78 is 0. The minimum atomic E-state index is 0.154. The van der Waals surface area contributed by atoms with Gasteiger partial charge in [0, 0.05) is 19.6 Å². The zero-order chi connectivity index (χ0) is 17.9. The van der Waals surface area contributed by atoms with E-state index in [4.69, 9.17) is 0 Å². The monoisotopic (exact) mass is 370 g/mol. The summed E-state index contributed by atoms with van der Waals surface area (Å²) in [6, 6.07) is 0. The van der Waals surface area contributed by atoms with E-state index >= 15 is 0 Å². The van der Waals surface area contributed by atoms with Crippen LogP contribution < -0.4 is 5.32 Å². The molecule has 138 valence electrons. The lowest BCUT2D eigenvalue weighted by Gasteiger charge is -2.14. The van der Waals surface area contributed by atoms with Crippen molar-refractivity contribution in [3.8, 4) is 0 Å². The van der Waals surface area contributed by atoms with Gasteiger partial charge in [-0.05, 0) is 57.4 Å². The van der Waals surface area contributed by atoms with Crippen LogP contribution >= 0.6 is 11.3 Å². The molecule has 0 aromatic carbocycles. The number of carbonyl (C=O) groups excluding carboxylic acids is 1. The summed E-state index contributed by atoms with van der Waals surface area (Å²) in [6.07, 6.45) is 12.4. The number of nitrogens with zero attached hydrogens (tertiary/aromatic N) is 3. The highest BCUT2D eigenvalue weighted by Gasteiger charge is 2.25. The first-order valence-corrected chi connectivity index (χ1v) is 10.5.